The number of esters is 1. The lowest BCUT2D eigenvalue weighted by molar-refractivity contribution is 0.0378. The first-order valence-corrected chi connectivity index (χ1v) is 8.53. The highest BCUT2D eigenvalue weighted by Crippen LogP contribution is 2.40. The lowest BCUT2D eigenvalue weighted by Crippen LogP contribution is -2.19. The summed E-state index contributed by atoms with van der Waals surface area (Å²) in [6.07, 6.45) is 2.10. The van der Waals surface area contributed by atoms with Gasteiger partial charge in [-0.1, -0.05) is 6.92 Å². The number of hydrogen-bond donors (Lipinski definition) is 1. The molecule has 0 fully saturated rings. The number of ether oxygens (including phenoxy) is 2. The van der Waals surface area contributed by atoms with Gasteiger partial charge < -0.3 is 9.47 Å². The molecule has 1 amide bonds. The van der Waals surface area contributed by atoms with Crippen molar-refractivity contribution < 1.29 is 19.1 Å². The van der Waals surface area contributed by atoms with E-state index in [2.05, 4.69) is 12.2 Å². The summed E-state index contributed by atoms with van der Waals surface area (Å²) in [7, 11) is 0. The molecule has 5 nitrogen and oxygen atoms in total. The first-order chi connectivity index (χ1) is 10.4. The highest BCUT2D eigenvalue weighted by molar-refractivity contribution is 7.17. The van der Waals surface area contributed by atoms with Crippen molar-refractivity contribution in [3.8, 4) is 0 Å². The van der Waals surface area contributed by atoms with Crippen LogP contribution in [0.2, 0.25) is 0 Å². The number of carbonyl (C=O) groups excluding carboxylic acids is 2. The Morgan fingerprint density at radius 3 is 2.77 bits per heavy atom. The van der Waals surface area contributed by atoms with Gasteiger partial charge in [-0.3, -0.25) is 5.32 Å². The minimum absolute atomic E-state index is 0.194. The molecule has 6 heteroatoms. The van der Waals surface area contributed by atoms with E-state index in [0.29, 0.717) is 23.1 Å². The molecular weight excluding hydrogens is 302 g/mol. The lowest BCUT2D eigenvalue weighted by Gasteiger charge is -2.18. The molecule has 1 aliphatic carbocycles. The fourth-order valence-corrected chi connectivity index (χ4v) is 3.97. The quantitative estimate of drug-likeness (QED) is 0.850. The Kier molecular flexibility index (Phi) is 5.45. The van der Waals surface area contributed by atoms with Crippen molar-refractivity contribution in [3.05, 3.63) is 16.0 Å². The average molecular weight is 325 g/mol. The number of nitrogens with one attached hydrogen (secondary N) is 1. The molecule has 0 saturated carbocycles. The third-order valence-corrected chi connectivity index (χ3v) is 4.72. The van der Waals surface area contributed by atoms with Gasteiger partial charge in [0.05, 0.1) is 18.3 Å². The fourth-order valence-electron chi connectivity index (χ4n) is 2.59. The zero-order valence-corrected chi connectivity index (χ0v) is 14.3. The number of carbonyl (C=O) groups is 2. The van der Waals surface area contributed by atoms with E-state index in [1.54, 1.807) is 6.92 Å². The maximum atomic E-state index is 12.4. The van der Waals surface area contributed by atoms with Crippen molar-refractivity contribution in [2.24, 2.45) is 5.92 Å². The average Bonchev–Trinajstić information content (AvgIpc) is 2.74. The van der Waals surface area contributed by atoms with Crippen molar-refractivity contribution in [2.45, 2.75) is 53.1 Å². The van der Waals surface area contributed by atoms with E-state index in [1.807, 2.05) is 13.8 Å². The molecule has 0 bridgehead atoms. The molecule has 2 rings (SSSR count). The first kappa shape index (κ1) is 16.8. The smallest absolute Gasteiger partial charge is 0.412 e. The van der Waals surface area contributed by atoms with Gasteiger partial charge in [-0.25, -0.2) is 9.59 Å². The summed E-state index contributed by atoms with van der Waals surface area (Å²) in [5.74, 6) is 0.226. The number of hydrogen-bond acceptors (Lipinski definition) is 5. The van der Waals surface area contributed by atoms with Gasteiger partial charge in [-0.05, 0) is 51.5 Å². The zero-order chi connectivity index (χ0) is 16.3. The molecule has 1 unspecified atom stereocenters. The summed E-state index contributed by atoms with van der Waals surface area (Å²) in [6, 6.07) is 0. The van der Waals surface area contributed by atoms with Crippen LogP contribution < -0.4 is 5.32 Å². The summed E-state index contributed by atoms with van der Waals surface area (Å²) in [6.45, 7) is 7.87. The van der Waals surface area contributed by atoms with Crippen molar-refractivity contribution in [1.29, 1.82) is 0 Å². The summed E-state index contributed by atoms with van der Waals surface area (Å²) in [5.41, 5.74) is 1.54. The van der Waals surface area contributed by atoms with Crippen LogP contribution in [0.1, 0.15) is 54.9 Å². The predicted octanol–water partition coefficient (Wildman–Crippen LogP) is 4.01. The highest BCUT2D eigenvalue weighted by atomic mass is 32.1. The highest BCUT2D eigenvalue weighted by Gasteiger charge is 2.29. The van der Waals surface area contributed by atoms with Gasteiger partial charge in [0.25, 0.3) is 0 Å². The van der Waals surface area contributed by atoms with E-state index >= 15 is 0 Å². The first-order valence-electron chi connectivity index (χ1n) is 7.71. The topological polar surface area (TPSA) is 64.6 Å². The minimum atomic E-state index is -0.534. The molecule has 22 heavy (non-hydrogen) atoms. The van der Waals surface area contributed by atoms with Crippen LogP contribution in [0.3, 0.4) is 0 Å². The van der Waals surface area contributed by atoms with Gasteiger partial charge >= 0.3 is 12.1 Å². The molecule has 0 saturated heterocycles. The Morgan fingerprint density at radius 1 is 1.41 bits per heavy atom. The summed E-state index contributed by atoms with van der Waals surface area (Å²) in [5, 5.41) is 3.24. The van der Waals surface area contributed by atoms with E-state index < -0.39 is 6.09 Å². The minimum Gasteiger partial charge on any atom is -0.459 e. The van der Waals surface area contributed by atoms with Gasteiger partial charge in [0.2, 0.25) is 0 Å². The Balaban J connectivity index is 2.34. The van der Waals surface area contributed by atoms with Crippen molar-refractivity contribution in [2.75, 3.05) is 11.9 Å². The molecule has 1 heterocycles. The van der Waals surface area contributed by atoms with Crippen LogP contribution in [-0.4, -0.2) is 24.8 Å². The van der Waals surface area contributed by atoms with E-state index in [0.717, 1.165) is 24.8 Å². The molecule has 0 radical (unpaired) electrons. The second kappa shape index (κ2) is 7.13. The monoisotopic (exact) mass is 325 g/mol. The zero-order valence-electron chi connectivity index (χ0n) is 13.5. The third kappa shape index (κ3) is 3.80. The van der Waals surface area contributed by atoms with Gasteiger partial charge in [0.1, 0.15) is 5.00 Å². The Bertz CT molecular complexity index is 565. The van der Waals surface area contributed by atoms with Gasteiger partial charge in [-0.2, -0.15) is 0 Å². The molecule has 122 valence electrons. The molecule has 1 aliphatic rings. The molecule has 0 aromatic carbocycles. The van der Waals surface area contributed by atoms with E-state index in [1.165, 1.54) is 16.2 Å². The van der Waals surface area contributed by atoms with Crippen molar-refractivity contribution in [1.82, 2.24) is 0 Å². The number of amides is 1. The van der Waals surface area contributed by atoms with Crippen LogP contribution in [-0.2, 0) is 22.3 Å². The van der Waals surface area contributed by atoms with Gasteiger partial charge in [-0.15, -0.1) is 11.3 Å². The Morgan fingerprint density at radius 2 is 2.14 bits per heavy atom. The molecular formula is C16H23NO4S. The van der Waals surface area contributed by atoms with Crippen LogP contribution in [0.15, 0.2) is 0 Å². The SMILES string of the molecule is CCOC(=O)Nc1sc2c(c1C(=O)OC(C)C)CCC(C)C2. The molecule has 1 atom stereocenters. The van der Waals surface area contributed by atoms with Crippen LogP contribution in [0.4, 0.5) is 9.80 Å². The van der Waals surface area contributed by atoms with Crippen LogP contribution in [0, 0.1) is 5.92 Å². The summed E-state index contributed by atoms with van der Waals surface area (Å²) >= 11 is 1.46. The number of thiophene rings is 1. The van der Waals surface area contributed by atoms with Crippen LogP contribution >= 0.6 is 11.3 Å². The third-order valence-electron chi connectivity index (χ3n) is 3.55. The lowest BCUT2D eigenvalue weighted by atomic mass is 9.88. The number of fused-ring (bicyclic) bond motifs is 1. The Hall–Kier alpha value is -1.56. The largest absolute Gasteiger partial charge is 0.459 e. The predicted molar refractivity (Wildman–Crippen MR) is 86.7 cm³/mol. The molecule has 0 spiro atoms. The second-order valence-corrected chi connectivity index (χ2v) is 6.96. The van der Waals surface area contributed by atoms with Gasteiger partial charge in [0, 0.05) is 4.88 Å². The molecule has 1 N–H and O–H groups in total. The van der Waals surface area contributed by atoms with E-state index in [-0.39, 0.29) is 12.1 Å². The van der Waals surface area contributed by atoms with E-state index in [4.69, 9.17) is 9.47 Å². The maximum absolute atomic E-state index is 12.4. The molecule has 1 aromatic heterocycles. The standard InChI is InChI=1S/C16H23NO4S/c1-5-20-16(19)17-14-13(15(18)21-9(2)3)11-7-6-10(4)8-12(11)22-14/h9-10H,5-8H2,1-4H3,(H,17,19). The maximum Gasteiger partial charge on any atom is 0.412 e. The normalized spacial score (nSPS) is 17.0. The van der Waals surface area contributed by atoms with Crippen molar-refractivity contribution >= 4 is 28.4 Å². The Labute approximate surface area is 135 Å². The molecule has 1 aromatic rings. The number of rotatable bonds is 4. The van der Waals surface area contributed by atoms with Crippen LogP contribution in [0.5, 0.6) is 0 Å². The summed E-state index contributed by atoms with van der Waals surface area (Å²) < 4.78 is 10.3. The fraction of sp³-hybridized carbons (Fsp3) is 0.625. The summed E-state index contributed by atoms with van der Waals surface area (Å²) in [4.78, 5) is 25.3. The second-order valence-electron chi connectivity index (χ2n) is 5.86. The van der Waals surface area contributed by atoms with E-state index in [9.17, 15) is 9.59 Å². The van der Waals surface area contributed by atoms with Crippen LogP contribution in [0.25, 0.3) is 0 Å². The molecule has 0 aliphatic heterocycles. The van der Waals surface area contributed by atoms with Gasteiger partial charge in [0.15, 0.2) is 0 Å². The number of anilines is 1. The van der Waals surface area contributed by atoms with Crippen molar-refractivity contribution in [3.63, 3.8) is 0 Å².